The highest BCUT2D eigenvalue weighted by Crippen LogP contribution is 2.32. The zero-order valence-corrected chi connectivity index (χ0v) is 9.40. The molecule has 0 aliphatic heterocycles. The van der Waals surface area contributed by atoms with E-state index < -0.39 is 12.7 Å². The lowest BCUT2D eigenvalue weighted by atomic mass is 10.1. The number of rotatable bonds is 6. The van der Waals surface area contributed by atoms with Crippen molar-refractivity contribution in [2.45, 2.75) is 19.1 Å². The first-order valence-corrected chi connectivity index (χ1v) is 5.00. The molecule has 0 amide bonds. The summed E-state index contributed by atoms with van der Waals surface area (Å²) in [5.41, 5.74) is 0.473. The van der Waals surface area contributed by atoms with Gasteiger partial charge in [-0.3, -0.25) is 0 Å². The monoisotopic (exact) mass is 244 g/mol. The summed E-state index contributed by atoms with van der Waals surface area (Å²) >= 11 is 0. The van der Waals surface area contributed by atoms with Crippen molar-refractivity contribution >= 4 is 0 Å². The van der Waals surface area contributed by atoms with Crippen molar-refractivity contribution in [2.24, 2.45) is 0 Å². The average Bonchev–Trinajstić information content (AvgIpc) is 2.28. The van der Waals surface area contributed by atoms with E-state index in [2.05, 4.69) is 11.3 Å². The zero-order valence-electron chi connectivity index (χ0n) is 9.40. The van der Waals surface area contributed by atoms with Crippen LogP contribution in [0, 0.1) is 0 Å². The molecule has 94 valence electrons. The molecule has 1 atom stereocenters. The molecule has 3 nitrogen and oxygen atoms in total. The lowest BCUT2D eigenvalue weighted by Crippen LogP contribution is -2.05. The molecule has 0 fully saturated rings. The van der Waals surface area contributed by atoms with Crippen molar-refractivity contribution in [3.8, 4) is 11.5 Å². The third-order valence-corrected chi connectivity index (χ3v) is 2.18. The SMILES string of the molecule is C=CCC(O)c1ccc(OC)c(OC(F)F)c1. The Morgan fingerprint density at radius 1 is 1.41 bits per heavy atom. The number of alkyl halides is 2. The van der Waals surface area contributed by atoms with Crippen LogP contribution < -0.4 is 9.47 Å². The van der Waals surface area contributed by atoms with Crippen molar-refractivity contribution in [1.82, 2.24) is 0 Å². The van der Waals surface area contributed by atoms with Crippen molar-refractivity contribution in [2.75, 3.05) is 7.11 Å². The van der Waals surface area contributed by atoms with Gasteiger partial charge in [0.05, 0.1) is 13.2 Å². The van der Waals surface area contributed by atoms with E-state index in [0.717, 1.165) is 0 Å². The number of hydrogen-bond acceptors (Lipinski definition) is 3. The average molecular weight is 244 g/mol. The van der Waals surface area contributed by atoms with E-state index >= 15 is 0 Å². The second kappa shape index (κ2) is 6.20. The van der Waals surface area contributed by atoms with E-state index in [9.17, 15) is 13.9 Å². The zero-order chi connectivity index (χ0) is 12.8. The molecule has 0 aliphatic rings. The molecule has 1 N–H and O–H groups in total. The smallest absolute Gasteiger partial charge is 0.387 e. The second-order valence-corrected chi connectivity index (χ2v) is 3.33. The molecule has 0 spiro atoms. The molecule has 0 saturated carbocycles. The number of benzene rings is 1. The van der Waals surface area contributed by atoms with Gasteiger partial charge in [0.25, 0.3) is 0 Å². The fourth-order valence-electron chi connectivity index (χ4n) is 1.38. The van der Waals surface area contributed by atoms with E-state index in [-0.39, 0.29) is 11.5 Å². The van der Waals surface area contributed by atoms with Crippen molar-refractivity contribution in [3.05, 3.63) is 36.4 Å². The third kappa shape index (κ3) is 3.71. The Morgan fingerprint density at radius 2 is 2.12 bits per heavy atom. The van der Waals surface area contributed by atoms with Gasteiger partial charge in [-0.25, -0.2) is 0 Å². The molecular weight excluding hydrogens is 230 g/mol. The maximum Gasteiger partial charge on any atom is 0.387 e. The molecule has 0 heterocycles. The highest BCUT2D eigenvalue weighted by Gasteiger charge is 2.14. The first-order valence-electron chi connectivity index (χ1n) is 5.00. The lowest BCUT2D eigenvalue weighted by Gasteiger charge is -2.14. The van der Waals surface area contributed by atoms with Gasteiger partial charge in [-0.2, -0.15) is 8.78 Å². The van der Waals surface area contributed by atoms with Gasteiger partial charge in [-0.1, -0.05) is 12.1 Å². The summed E-state index contributed by atoms with van der Waals surface area (Å²) in [5.74, 6) is 0.1000. The van der Waals surface area contributed by atoms with E-state index in [1.807, 2.05) is 0 Å². The predicted molar refractivity (Wildman–Crippen MR) is 59.4 cm³/mol. The van der Waals surface area contributed by atoms with Crippen molar-refractivity contribution in [3.63, 3.8) is 0 Å². The van der Waals surface area contributed by atoms with Gasteiger partial charge < -0.3 is 14.6 Å². The van der Waals surface area contributed by atoms with Crippen LogP contribution in [-0.4, -0.2) is 18.8 Å². The van der Waals surface area contributed by atoms with Crippen LogP contribution in [0.2, 0.25) is 0 Å². The Kier molecular flexibility index (Phi) is 4.90. The van der Waals surface area contributed by atoms with Crippen molar-refractivity contribution < 1.29 is 23.4 Å². The molecule has 1 aromatic carbocycles. The number of aliphatic hydroxyl groups excluding tert-OH is 1. The normalized spacial score (nSPS) is 12.3. The molecule has 17 heavy (non-hydrogen) atoms. The summed E-state index contributed by atoms with van der Waals surface area (Å²) in [6.07, 6.45) is 1.08. The van der Waals surface area contributed by atoms with E-state index in [1.54, 1.807) is 12.1 Å². The number of halogens is 2. The summed E-state index contributed by atoms with van der Waals surface area (Å²) in [6, 6.07) is 4.39. The maximum atomic E-state index is 12.2. The summed E-state index contributed by atoms with van der Waals surface area (Å²) in [7, 11) is 1.35. The van der Waals surface area contributed by atoms with Crippen LogP contribution in [0.3, 0.4) is 0 Å². The molecule has 0 aromatic heterocycles. The first kappa shape index (κ1) is 13.4. The quantitative estimate of drug-likeness (QED) is 0.782. The van der Waals surface area contributed by atoms with Crippen LogP contribution in [0.4, 0.5) is 8.78 Å². The Hall–Kier alpha value is -1.62. The van der Waals surface area contributed by atoms with Gasteiger partial charge in [-0.15, -0.1) is 6.58 Å². The highest BCUT2D eigenvalue weighted by molar-refractivity contribution is 5.43. The summed E-state index contributed by atoms with van der Waals surface area (Å²) in [5, 5.41) is 9.69. The molecule has 5 heteroatoms. The van der Waals surface area contributed by atoms with Gasteiger partial charge in [0.15, 0.2) is 11.5 Å². The fraction of sp³-hybridized carbons (Fsp3) is 0.333. The predicted octanol–water partition coefficient (Wildman–Crippen LogP) is 2.91. The molecule has 1 unspecified atom stereocenters. The van der Waals surface area contributed by atoms with E-state index in [1.165, 1.54) is 19.2 Å². The molecule has 0 aliphatic carbocycles. The molecule has 1 aromatic rings. The van der Waals surface area contributed by atoms with Crippen LogP contribution in [0.5, 0.6) is 11.5 Å². The number of aliphatic hydroxyl groups is 1. The summed E-state index contributed by atoms with van der Waals surface area (Å²) < 4.78 is 33.5. The Labute approximate surface area is 98.3 Å². The number of hydrogen-bond donors (Lipinski definition) is 1. The van der Waals surface area contributed by atoms with Crippen LogP contribution in [0.15, 0.2) is 30.9 Å². The Morgan fingerprint density at radius 3 is 2.65 bits per heavy atom. The molecular formula is C12H14F2O3. The molecule has 0 bridgehead atoms. The highest BCUT2D eigenvalue weighted by atomic mass is 19.3. The number of methoxy groups -OCH3 is 1. The fourth-order valence-corrected chi connectivity index (χ4v) is 1.38. The van der Waals surface area contributed by atoms with Crippen LogP contribution in [0.25, 0.3) is 0 Å². The van der Waals surface area contributed by atoms with Crippen LogP contribution in [0.1, 0.15) is 18.1 Å². The maximum absolute atomic E-state index is 12.2. The minimum Gasteiger partial charge on any atom is -0.493 e. The summed E-state index contributed by atoms with van der Waals surface area (Å²) in [4.78, 5) is 0. The van der Waals surface area contributed by atoms with Gasteiger partial charge >= 0.3 is 6.61 Å². The number of ether oxygens (including phenoxy) is 2. The topological polar surface area (TPSA) is 38.7 Å². The van der Waals surface area contributed by atoms with Gasteiger partial charge in [0.2, 0.25) is 0 Å². The standard InChI is InChI=1S/C12H14F2O3/c1-3-4-9(15)8-5-6-10(16-2)11(7-8)17-12(13)14/h3,5-7,9,12,15H,1,4H2,2H3. The third-order valence-electron chi connectivity index (χ3n) is 2.18. The Balaban J connectivity index is 2.99. The second-order valence-electron chi connectivity index (χ2n) is 3.33. The van der Waals surface area contributed by atoms with Crippen molar-refractivity contribution in [1.29, 1.82) is 0 Å². The minimum absolute atomic E-state index is 0.0943. The van der Waals surface area contributed by atoms with Gasteiger partial charge in [0.1, 0.15) is 0 Å². The minimum atomic E-state index is -2.93. The lowest BCUT2D eigenvalue weighted by molar-refractivity contribution is -0.0513. The summed E-state index contributed by atoms with van der Waals surface area (Å²) in [6.45, 7) is 0.560. The van der Waals surface area contributed by atoms with E-state index in [4.69, 9.17) is 4.74 Å². The molecule has 1 rings (SSSR count). The molecule has 0 radical (unpaired) electrons. The van der Waals surface area contributed by atoms with Crippen LogP contribution >= 0.6 is 0 Å². The van der Waals surface area contributed by atoms with Crippen LogP contribution in [-0.2, 0) is 0 Å². The molecule has 0 saturated heterocycles. The van der Waals surface area contributed by atoms with E-state index in [0.29, 0.717) is 12.0 Å². The van der Waals surface area contributed by atoms with Gasteiger partial charge in [0, 0.05) is 0 Å². The largest absolute Gasteiger partial charge is 0.493 e. The first-order chi connectivity index (χ1) is 8.08. The Bertz CT molecular complexity index is 380. The van der Waals surface area contributed by atoms with Gasteiger partial charge in [-0.05, 0) is 24.1 Å².